The number of allylic oxidation sites excluding steroid dienone is 1. The predicted octanol–water partition coefficient (Wildman–Crippen LogP) is 10.3. The Labute approximate surface area is 280 Å². The SMILES string of the molecule is COC(=O)CNc1cccc(-n2cc(-c3ccc(Cl)cc3Cl)nc2Cc2ccc(-c3ccc(/C=C/C4CCCCC4)cc3)cc2)c1. The Morgan fingerprint density at radius 1 is 0.935 bits per heavy atom. The molecule has 234 valence electrons. The van der Waals surface area contributed by atoms with Gasteiger partial charge in [0.1, 0.15) is 12.4 Å². The molecule has 6 rings (SSSR count). The molecule has 1 aromatic heterocycles. The standard InChI is InChI=1S/C39H37Cl2N3O2/c1-46-39(45)25-42-33-8-5-9-34(24-33)44-26-37(35-21-20-32(40)23-36(35)41)43-38(44)22-29-14-18-31(19-15-29)30-16-12-28(13-17-30)11-10-27-6-3-2-4-7-27/h5,8-21,23-24,26-27,42H,2-4,6-7,22,25H2,1H3/b11-10+. The summed E-state index contributed by atoms with van der Waals surface area (Å²) >= 11 is 12.8. The summed E-state index contributed by atoms with van der Waals surface area (Å²) in [4.78, 5) is 16.7. The van der Waals surface area contributed by atoms with Gasteiger partial charge in [0.15, 0.2) is 0 Å². The molecule has 1 saturated carbocycles. The fourth-order valence-electron chi connectivity index (χ4n) is 5.96. The lowest BCUT2D eigenvalue weighted by atomic mass is 9.88. The number of halogens is 2. The number of hydrogen-bond acceptors (Lipinski definition) is 4. The minimum Gasteiger partial charge on any atom is -0.468 e. The Kier molecular flexibility index (Phi) is 10.2. The van der Waals surface area contributed by atoms with Crippen LogP contribution in [-0.2, 0) is 16.0 Å². The number of rotatable bonds is 10. The van der Waals surface area contributed by atoms with Crippen LogP contribution in [0.4, 0.5) is 5.69 Å². The van der Waals surface area contributed by atoms with E-state index in [0.29, 0.717) is 16.5 Å². The third-order valence-corrected chi connectivity index (χ3v) is 9.09. The first-order valence-electron chi connectivity index (χ1n) is 15.8. The van der Waals surface area contributed by atoms with Crippen molar-refractivity contribution < 1.29 is 9.53 Å². The quantitative estimate of drug-likeness (QED) is 0.153. The topological polar surface area (TPSA) is 56.1 Å². The predicted molar refractivity (Wildman–Crippen MR) is 190 cm³/mol. The lowest BCUT2D eigenvalue weighted by Crippen LogP contribution is -2.15. The maximum atomic E-state index is 11.7. The molecule has 7 heteroatoms. The summed E-state index contributed by atoms with van der Waals surface area (Å²) < 4.78 is 6.84. The summed E-state index contributed by atoms with van der Waals surface area (Å²) in [6, 6.07) is 30.8. The molecule has 5 aromatic rings. The van der Waals surface area contributed by atoms with Crippen molar-refractivity contribution in [2.75, 3.05) is 19.0 Å². The van der Waals surface area contributed by atoms with E-state index in [1.165, 1.54) is 55.9 Å². The van der Waals surface area contributed by atoms with E-state index in [1.54, 1.807) is 6.07 Å². The van der Waals surface area contributed by atoms with Crippen molar-refractivity contribution in [3.05, 3.63) is 130 Å². The van der Waals surface area contributed by atoms with Gasteiger partial charge in [0.25, 0.3) is 0 Å². The van der Waals surface area contributed by atoms with Gasteiger partial charge in [0.2, 0.25) is 0 Å². The maximum Gasteiger partial charge on any atom is 0.325 e. The van der Waals surface area contributed by atoms with E-state index in [-0.39, 0.29) is 12.5 Å². The smallest absolute Gasteiger partial charge is 0.325 e. The van der Waals surface area contributed by atoms with E-state index >= 15 is 0 Å². The molecule has 5 nitrogen and oxygen atoms in total. The zero-order chi connectivity index (χ0) is 31.9. The molecular formula is C39H37Cl2N3O2. The van der Waals surface area contributed by atoms with E-state index in [0.717, 1.165) is 39.9 Å². The lowest BCUT2D eigenvalue weighted by molar-refractivity contribution is -0.138. The zero-order valence-electron chi connectivity index (χ0n) is 25.9. The van der Waals surface area contributed by atoms with Crippen LogP contribution in [-0.4, -0.2) is 29.2 Å². The molecular weight excluding hydrogens is 613 g/mol. The number of hydrogen-bond donors (Lipinski definition) is 1. The van der Waals surface area contributed by atoms with Crippen LogP contribution in [0.15, 0.2) is 103 Å². The number of esters is 1. The highest BCUT2D eigenvalue weighted by atomic mass is 35.5. The van der Waals surface area contributed by atoms with Gasteiger partial charge in [-0.3, -0.25) is 4.79 Å². The van der Waals surface area contributed by atoms with Crippen molar-refractivity contribution >= 4 is 40.9 Å². The summed E-state index contributed by atoms with van der Waals surface area (Å²) in [5.74, 6) is 1.25. The number of carbonyl (C=O) groups excluding carboxylic acids is 1. The zero-order valence-corrected chi connectivity index (χ0v) is 27.4. The molecule has 1 aliphatic carbocycles. The number of anilines is 1. The largest absolute Gasteiger partial charge is 0.468 e. The molecule has 1 N–H and O–H groups in total. The third-order valence-electron chi connectivity index (χ3n) is 8.55. The van der Waals surface area contributed by atoms with Gasteiger partial charge in [0, 0.05) is 34.6 Å². The van der Waals surface area contributed by atoms with Crippen LogP contribution < -0.4 is 5.32 Å². The van der Waals surface area contributed by atoms with Crippen LogP contribution in [0, 0.1) is 5.92 Å². The summed E-state index contributed by atoms with van der Waals surface area (Å²) in [5.41, 5.74) is 8.01. The van der Waals surface area contributed by atoms with E-state index in [1.807, 2.05) is 42.6 Å². The second-order valence-corrected chi connectivity index (χ2v) is 12.6. The minimum atomic E-state index is -0.334. The Bertz CT molecular complexity index is 1820. The normalized spacial score (nSPS) is 13.6. The maximum absolute atomic E-state index is 11.7. The first kappa shape index (κ1) is 31.7. The number of ether oxygens (including phenoxy) is 1. The molecule has 1 fully saturated rings. The monoisotopic (exact) mass is 649 g/mol. The Morgan fingerprint density at radius 2 is 1.67 bits per heavy atom. The Balaban J connectivity index is 1.23. The molecule has 0 aliphatic heterocycles. The highest BCUT2D eigenvalue weighted by Gasteiger charge is 2.16. The molecule has 0 atom stereocenters. The van der Waals surface area contributed by atoms with Crippen LogP contribution in [0.5, 0.6) is 0 Å². The van der Waals surface area contributed by atoms with Crippen LogP contribution in [0.25, 0.3) is 34.1 Å². The molecule has 1 aliphatic rings. The molecule has 4 aromatic carbocycles. The molecule has 0 amide bonds. The number of benzene rings is 4. The number of methoxy groups -OCH3 is 1. The van der Waals surface area contributed by atoms with Gasteiger partial charge in [-0.1, -0.05) is 109 Å². The van der Waals surface area contributed by atoms with Gasteiger partial charge in [-0.15, -0.1) is 0 Å². The van der Waals surface area contributed by atoms with Gasteiger partial charge < -0.3 is 14.6 Å². The average molecular weight is 651 g/mol. The van der Waals surface area contributed by atoms with Crippen molar-refractivity contribution in [2.24, 2.45) is 5.92 Å². The van der Waals surface area contributed by atoms with Crippen molar-refractivity contribution in [3.63, 3.8) is 0 Å². The van der Waals surface area contributed by atoms with E-state index < -0.39 is 0 Å². The van der Waals surface area contributed by atoms with E-state index in [2.05, 4.69) is 70.6 Å². The molecule has 46 heavy (non-hydrogen) atoms. The van der Waals surface area contributed by atoms with Crippen molar-refractivity contribution in [1.82, 2.24) is 9.55 Å². The van der Waals surface area contributed by atoms with Crippen LogP contribution in [0.3, 0.4) is 0 Å². The molecule has 0 spiro atoms. The number of carbonyl (C=O) groups is 1. The van der Waals surface area contributed by atoms with Gasteiger partial charge in [-0.25, -0.2) is 4.98 Å². The number of imidazole rings is 1. The summed E-state index contributed by atoms with van der Waals surface area (Å²) in [6.45, 7) is 0.0780. The van der Waals surface area contributed by atoms with Crippen molar-refractivity contribution in [2.45, 2.75) is 38.5 Å². The number of nitrogens with zero attached hydrogens (tertiary/aromatic N) is 2. The van der Waals surface area contributed by atoms with Crippen LogP contribution in [0.1, 0.15) is 49.1 Å². The Morgan fingerprint density at radius 3 is 2.39 bits per heavy atom. The third kappa shape index (κ3) is 7.90. The van der Waals surface area contributed by atoms with Crippen LogP contribution >= 0.6 is 23.2 Å². The second kappa shape index (κ2) is 14.8. The highest BCUT2D eigenvalue weighted by molar-refractivity contribution is 6.36. The average Bonchev–Trinajstić information content (AvgIpc) is 3.50. The molecule has 0 bridgehead atoms. The fraction of sp³-hybridized carbons (Fsp3) is 0.231. The number of aromatic nitrogens is 2. The second-order valence-electron chi connectivity index (χ2n) is 11.8. The summed E-state index contributed by atoms with van der Waals surface area (Å²) in [6.07, 6.45) is 14.0. The van der Waals surface area contributed by atoms with Gasteiger partial charge in [0.05, 0.1) is 17.8 Å². The molecule has 0 unspecified atom stereocenters. The molecule has 0 radical (unpaired) electrons. The number of nitrogens with one attached hydrogen (secondary N) is 1. The summed E-state index contributed by atoms with van der Waals surface area (Å²) in [7, 11) is 1.38. The first-order chi connectivity index (χ1) is 22.4. The van der Waals surface area contributed by atoms with Crippen molar-refractivity contribution in [1.29, 1.82) is 0 Å². The fourth-order valence-corrected chi connectivity index (χ4v) is 6.47. The van der Waals surface area contributed by atoms with Crippen molar-refractivity contribution in [3.8, 4) is 28.1 Å². The highest BCUT2D eigenvalue weighted by Crippen LogP contribution is 2.32. The lowest BCUT2D eigenvalue weighted by Gasteiger charge is -2.17. The van der Waals surface area contributed by atoms with Gasteiger partial charge >= 0.3 is 5.97 Å². The molecule has 0 saturated heterocycles. The minimum absolute atomic E-state index is 0.0780. The first-order valence-corrected chi connectivity index (χ1v) is 16.5. The molecule has 1 heterocycles. The Hall–Kier alpha value is -4.32. The van der Waals surface area contributed by atoms with E-state index in [4.69, 9.17) is 32.9 Å². The summed E-state index contributed by atoms with van der Waals surface area (Å²) in [5, 5.41) is 4.24. The van der Waals surface area contributed by atoms with E-state index in [9.17, 15) is 4.79 Å². The van der Waals surface area contributed by atoms with Gasteiger partial charge in [-0.05, 0) is 77.4 Å². The van der Waals surface area contributed by atoms with Crippen LogP contribution in [0.2, 0.25) is 10.0 Å². The van der Waals surface area contributed by atoms with Gasteiger partial charge in [-0.2, -0.15) is 0 Å².